The third kappa shape index (κ3) is 3.16. The summed E-state index contributed by atoms with van der Waals surface area (Å²) in [5.74, 6) is 0.553. The van der Waals surface area contributed by atoms with E-state index in [9.17, 15) is 13.2 Å². The quantitative estimate of drug-likeness (QED) is 0.869. The van der Waals surface area contributed by atoms with Gasteiger partial charge in [0.25, 0.3) is 5.91 Å². The van der Waals surface area contributed by atoms with Crippen molar-refractivity contribution in [1.29, 1.82) is 0 Å². The van der Waals surface area contributed by atoms with Gasteiger partial charge in [0.05, 0.1) is 17.1 Å². The third-order valence-electron chi connectivity index (χ3n) is 3.73. The van der Waals surface area contributed by atoms with Gasteiger partial charge in [-0.2, -0.15) is 5.10 Å². The maximum atomic E-state index is 12.5. The number of aromatic nitrogens is 3. The standard InChI is InChI=1S/C14H16N4O3S/c19-14(17-10-5-7-22(20,21)8-6-10)12-4-2-1-3-11(12)13-15-9-16-18-13/h1-4,9-10H,5-8H2,(H,17,19)(H,15,16,18). The lowest BCUT2D eigenvalue weighted by atomic mass is 10.0. The Balaban J connectivity index is 1.76. The largest absolute Gasteiger partial charge is 0.349 e. The summed E-state index contributed by atoms with van der Waals surface area (Å²) < 4.78 is 22.9. The summed E-state index contributed by atoms with van der Waals surface area (Å²) in [5, 5.41) is 9.45. The van der Waals surface area contributed by atoms with Gasteiger partial charge >= 0.3 is 0 Å². The molecule has 0 unspecified atom stereocenters. The van der Waals surface area contributed by atoms with Gasteiger partial charge in [-0.3, -0.25) is 9.89 Å². The van der Waals surface area contributed by atoms with Crippen LogP contribution in [0.1, 0.15) is 23.2 Å². The Hall–Kier alpha value is -2.22. The van der Waals surface area contributed by atoms with E-state index in [2.05, 4.69) is 20.5 Å². The molecule has 0 saturated carbocycles. The Morgan fingerprint density at radius 1 is 1.23 bits per heavy atom. The fourth-order valence-corrected chi connectivity index (χ4v) is 4.01. The van der Waals surface area contributed by atoms with Gasteiger partial charge in [-0.05, 0) is 18.9 Å². The number of carbonyl (C=O) groups is 1. The molecule has 8 heteroatoms. The third-order valence-corrected chi connectivity index (χ3v) is 5.45. The number of carbonyl (C=O) groups excluding carboxylic acids is 1. The zero-order valence-electron chi connectivity index (χ0n) is 11.8. The molecule has 3 rings (SSSR count). The lowest BCUT2D eigenvalue weighted by Gasteiger charge is -2.23. The van der Waals surface area contributed by atoms with Gasteiger partial charge in [0.15, 0.2) is 5.82 Å². The zero-order chi connectivity index (χ0) is 15.6. The first-order chi connectivity index (χ1) is 10.6. The Bertz CT molecular complexity index is 757. The van der Waals surface area contributed by atoms with E-state index in [0.29, 0.717) is 29.8 Å². The maximum absolute atomic E-state index is 12.5. The number of sulfone groups is 1. The maximum Gasteiger partial charge on any atom is 0.252 e. The molecule has 0 spiro atoms. The molecule has 0 radical (unpaired) electrons. The number of hydrogen-bond acceptors (Lipinski definition) is 5. The SMILES string of the molecule is O=C(NC1CCS(=O)(=O)CC1)c1ccccc1-c1ncn[nH]1. The molecule has 1 amide bonds. The summed E-state index contributed by atoms with van der Waals surface area (Å²) in [6.45, 7) is 0. The number of H-pyrrole nitrogens is 1. The summed E-state index contributed by atoms with van der Waals surface area (Å²) in [7, 11) is -2.93. The second-order valence-electron chi connectivity index (χ2n) is 5.28. The minimum atomic E-state index is -2.93. The summed E-state index contributed by atoms with van der Waals surface area (Å²) in [6.07, 6.45) is 2.30. The molecular weight excluding hydrogens is 304 g/mol. The van der Waals surface area contributed by atoms with E-state index in [1.165, 1.54) is 6.33 Å². The second kappa shape index (κ2) is 5.88. The van der Waals surface area contributed by atoms with Crippen molar-refractivity contribution < 1.29 is 13.2 Å². The van der Waals surface area contributed by atoms with E-state index in [-0.39, 0.29) is 23.5 Å². The first kappa shape index (κ1) is 14.7. The Labute approximate surface area is 128 Å². The number of nitrogens with zero attached hydrogens (tertiary/aromatic N) is 2. The normalized spacial score (nSPS) is 18.0. The van der Waals surface area contributed by atoms with Crippen LogP contribution in [0.4, 0.5) is 0 Å². The molecule has 2 aromatic rings. The minimum absolute atomic E-state index is 0.112. The van der Waals surface area contributed by atoms with Gasteiger partial charge in [-0.15, -0.1) is 0 Å². The molecule has 116 valence electrons. The summed E-state index contributed by atoms with van der Waals surface area (Å²) in [5.41, 5.74) is 1.16. The van der Waals surface area contributed by atoms with Crippen LogP contribution in [0.3, 0.4) is 0 Å². The highest BCUT2D eigenvalue weighted by molar-refractivity contribution is 7.91. The lowest BCUT2D eigenvalue weighted by molar-refractivity contribution is 0.0935. The lowest BCUT2D eigenvalue weighted by Crippen LogP contribution is -2.41. The van der Waals surface area contributed by atoms with Crippen LogP contribution in [-0.4, -0.2) is 47.1 Å². The predicted molar refractivity (Wildman–Crippen MR) is 81.0 cm³/mol. The van der Waals surface area contributed by atoms with E-state index in [1.807, 2.05) is 6.07 Å². The minimum Gasteiger partial charge on any atom is -0.349 e. The van der Waals surface area contributed by atoms with Crippen molar-refractivity contribution in [3.05, 3.63) is 36.2 Å². The molecular formula is C14H16N4O3S. The smallest absolute Gasteiger partial charge is 0.252 e. The summed E-state index contributed by atoms with van der Waals surface area (Å²) in [6, 6.07) is 6.99. The van der Waals surface area contributed by atoms with Crippen LogP contribution in [-0.2, 0) is 9.84 Å². The molecule has 7 nitrogen and oxygen atoms in total. The Morgan fingerprint density at radius 2 is 1.95 bits per heavy atom. The van der Waals surface area contributed by atoms with Crippen molar-refractivity contribution in [1.82, 2.24) is 20.5 Å². The van der Waals surface area contributed by atoms with Gasteiger partial charge in [0, 0.05) is 11.6 Å². The van der Waals surface area contributed by atoms with Crippen molar-refractivity contribution in [3.8, 4) is 11.4 Å². The Kier molecular flexibility index (Phi) is 3.93. The number of rotatable bonds is 3. The van der Waals surface area contributed by atoms with Crippen molar-refractivity contribution in [2.24, 2.45) is 0 Å². The number of hydrogen-bond donors (Lipinski definition) is 2. The fourth-order valence-electron chi connectivity index (χ4n) is 2.52. The highest BCUT2D eigenvalue weighted by Gasteiger charge is 2.25. The summed E-state index contributed by atoms with van der Waals surface area (Å²) >= 11 is 0. The average Bonchev–Trinajstić information content (AvgIpc) is 3.03. The number of nitrogens with one attached hydrogen (secondary N) is 2. The molecule has 2 N–H and O–H groups in total. The van der Waals surface area contributed by atoms with Gasteiger partial charge in [-0.25, -0.2) is 13.4 Å². The van der Waals surface area contributed by atoms with E-state index in [4.69, 9.17) is 0 Å². The molecule has 0 bridgehead atoms. The van der Waals surface area contributed by atoms with Gasteiger partial charge in [0.2, 0.25) is 0 Å². The van der Waals surface area contributed by atoms with Crippen LogP contribution in [0.25, 0.3) is 11.4 Å². The van der Waals surface area contributed by atoms with Crippen molar-refractivity contribution in [2.75, 3.05) is 11.5 Å². The van der Waals surface area contributed by atoms with Crippen LogP contribution in [0.2, 0.25) is 0 Å². The molecule has 1 fully saturated rings. The van der Waals surface area contributed by atoms with E-state index < -0.39 is 9.84 Å². The molecule has 1 aliphatic heterocycles. The van der Waals surface area contributed by atoms with Gasteiger partial charge in [0.1, 0.15) is 16.2 Å². The molecule has 0 aliphatic carbocycles. The zero-order valence-corrected chi connectivity index (χ0v) is 12.6. The first-order valence-electron chi connectivity index (χ1n) is 7.01. The average molecular weight is 320 g/mol. The van der Waals surface area contributed by atoms with Crippen LogP contribution >= 0.6 is 0 Å². The molecule has 1 saturated heterocycles. The second-order valence-corrected chi connectivity index (χ2v) is 7.58. The molecule has 1 aromatic carbocycles. The van der Waals surface area contributed by atoms with Crippen molar-refractivity contribution in [2.45, 2.75) is 18.9 Å². The van der Waals surface area contributed by atoms with E-state index in [1.54, 1.807) is 18.2 Å². The van der Waals surface area contributed by atoms with Crippen LogP contribution in [0.5, 0.6) is 0 Å². The highest BCUT2D eigenvalue weighted by Crippen LogP contribution is 2.20. The van der Waals surface area contributed by atoms with Gasteiger partial charge < -0.3 is 5.32 Å². The fraction of sp³-hybridized carbons (Fsp3) is 0.357. The van der Waals surface area contributed by atoms with Crippen LogP contribution < -0.4 is 5.32 Å². The molecule has 2 heterocycles. The highest BCUT2D eigenvalue weighted by atomic mass is 32.2. The van der Waals surface area contributed by atoms with E-state index >= 15 is 0 Å². The van der Waals surface area contributed by atoms with Gasteiger partial charge in [-0.1, -0.05) is 18.2 Å². The monoisotopic (exact) mass is 320 g/mol. The number of amides is 1. The first-order valence-corrected chi connectivity index (χ1v) is 8.83. The van der Waals surface area contributed by atoms with Crippen molar-refractivity contribution >= 4 is 15.7 Å². The Morgan fingerprint density at radius 3 is 2.64 bits per heavy atom. The van der Waals surface area contributed by atoms with Crippen LogP contribution in [0.15, 0.2) is 30.6 Å². The number of aromatic amines is 1. The van der Waals surface area contributed by atoms with Crippen LogP contribution in [0, 0.1) is 0 Å². The summed E-state index contributed by atoms with van der Waals surface area (Å²) in [4.78, 5) is 16.5. The molecule has 1 aromatic heterocycles. The predicted octanol–water partition coefficient (Wildman–Crippen LogP) is 0.779. The van der Waals surface area contributed by atoms with Crippen molar-refractivity contribution in [3.63, 3.8) is 0 Å². The van der Waals surface area contributed by atoms with E-state index in [0.717, 1.165) is 0 Å². The molecule has 1 aliphatic rings. The molecule has 0 atom stereocenters. The number of benzene rings is 1. The molecule has 22 heavy (non-hydrogen) atoms. The topological polar surface area (TPSA) is 105 Å².